The topological polar surface area (TPSA) is 66.4 Å². The fraction of sp³-hybridized carbons (Fsp3) is 0.379. The Kier molecular flexibility index (Phi) is 9.84. The van der Waals surface area contributed by atoms with Crippen LogP contribution in [0.5, 0.6) is 0 Å². The van der Waals surface area contributed by atoms with Crippen LogP contribution in [-0.4, -0.2) is 49.0 Å². The molecule has 4 rings (SSSR count). The summed E-state index contributed by atoms with van der Waals surface area (Å²) in [6.07, 6.45) is -3.54. The van der Waals surface area contributed by atoms with E-state index in [0.29, 0.717) is 26.4 Å². The van der Waals surface area contributed by atoms with E-state index in [1.54, 1.807) is 0 Å². The van der Waals surface area contributed by atoms with E-state index in [-0.39, 0.29) is 6.61 Å². The Balaban J connectivity index is 1.50. The van der Waals surface area contributed by atoms with Crippen LogP contribution in [0.4, 0.5) is 0 Å². The van der Waals surface area contributed by atoms with Crippen molar-refractivity contribution in [1.29, 1.82) is 0 Å². The lowest BCUT2D eigenvalue weighted by Crippen LogP contribution is -2.61. The number of hydrogen-bond acceptors (Lipinski definition) is 6. The number of benzene rings is 3. The van der Waals surface area contributed by atoms with Crippen molar-refractivity contribution in [3.8, 4) is 0 Å². The summed E-state index contributed by atoms with van der Waals surface area (Å²) in [5, 5.41) is 11.1. The predicted octanol–water partition coefficient (Wildman–Crippen LogP) is 4.50. The highest BCUT2D eigenvalue weighted by Gasteiger charge is 2.47. The molecular weight excluding hydrogens is 444 g/mol. The molecule has 1 aliphatic heterocycles. The highest BCUT2D eigenvalue weighted by atomic mass is 16.7. The third kappa shape index (κ3) is 7.45. The minimum Gasteiger partial charge on any atom is -0.385 e. The Bertz CT molecular complexity index is 968. The van der Waals surface area contributed by atoms with Crippen molar-refractivity contribution < 1.29 is 28.8 Å². The fourth-order valence-corrected chi connectivity index (χ4v) is 4.12. The molecule has 1 heterocycles. The maximum absolute atomic E-state index is 11.1. The van der Waals surface area contributed by atoms with E-state index in [0.717, 1.165) is 16.7 Å². The maximum atomic E-state index is 11.1. The first kappa shape index (κ1) is 25.5. The molecule has 35 heavy (non-hydrogen) atoms. The quantitative estimate of drug-likeness (QED) is 0.414. The molecule has 0 radical (unpaired) electrons. The molecule has 0 spiro atoms. The summed E-state index contributed by atoms with van der Waals surface area (Å²) in [6, 6.07) is 29.8. The lowest BCUT2D eigenvalue weighted by Gasteiger charge is -2.44. The number of ether oxygens (including phenoxy) is 5. The van der Waals surface area contributed by atoms with Crippen molar-refractivity contribution in [3.63, 3.8) is 0 Å². The standard InChI is InChI=1S/C29H34O6/c1-2-32-29-26(30)28(34-20-24-16-10-5-11-17-24)27(33-19-23-14-8-4-9-15-23)25(35-29)21-31-18-22-12-6-3-7-13-22/h3-17,25-30H,2,18-21H2,1H3/t25-,26-,27-,28-,29+/m1/s1. The number of aliphatic hydroxyl groups excluding tert-OH is 1. The van der Waals surface area contributed by atoms with Crippen LogP contribution in [0.2, 0.25) is 0 Å². The van der Waals surface area contributed by atoms with Gasteiger partial charge in [0.2, 0.25) is 0 Å². The van der Waals surface area contributed by atoms with Gasteiger partial charge in [-0.2, -0.15) is 0 Å². The van der Waals surface area contributed by atoms with E-state index < -0.39 is 30.7 Å². The van der Waals surface area contributed by atoms with Gasteiger partial charge in [-0.05, 0) is 23.6 Å². The van der Waals surface area contributed by atoms with Crippen LogP contribution in [0.15, 0.2) is 91.0 Å². The zero-order chi connectivity index (χ0) is 24.3. The van der Waals surface area contributed by atoms with Crippen molar-refractivity contribution in [1.82, 2.24) is 0 Å². The summed E-state index contributed by atoms with van der Waals surface area (Å²) in [5.41, 5.74) is 3.11. The fourth-order valence-electron chi connectivity index (χ4n) is 4.12. The van der Waals surface area contributed by atoms with Crippen LogP contribution in [0.3, 0.4) is 0 Å². The lowest BCUT2D eigenvalue weighted by atomic mass is 9.98. The number of rotatable bonds is 12. The third-order valence-electron chi connectivity index (χ3n) is 5.91. The van der Waals surface area contributed by atoms with Crippen LogP contribution in [0, 0.1) is 0 Å². The Morgan fingerprint density at radius 2 is 1.14 bits per heavy atom. The molecule has 0 saturated carbocycles. The Labute approximate surface area is 207 Å². The molecule has 5 atom stereocenters. The first-order chi connectivity index (χ1) is 17.2. The first-order valence-electron chi connectivity index (χ1n) is 12.1. The highest BCUT2D eigenvalue weighted by Crippen LogP contribution is 2.29. The monoisotopic (exact) mass is 478 g/mol. The van der Waals surface area contributed by atoms with Crippen molar-refractivity contribution in [2.75, 3.05) is 13.2 Å². The Morgan fingerprint density at radius 1 is 0.657 bits per heavy atom. The predicted molar refractivity (Wildman–Crippen MR) is 132 cm³/mol. The van der Waals surface area contributed by atoms with E-state index in [9.17, 15) is 5.11 Å². The second-order valence-electron chi connectivity index (χ2n) is 8.51. The smallest absolute Gasteiger partial charge is 0.186 e. The normalized spacial score (nSPS) is 24.3. The molecule has 0 aliphatic carbocycles. The summed E-state index contributed by atoms with van der Waals surface area (Å²) in [5.74, 6) is 0. The van der Waals surface area contributed by atoms with E-state index in [2.05, 4.69) is 0 Å². The summed E-state index contributed by atoms with van der Waals surface area (Å²) in [6.45, 7) is 3.69. The van der Waals surface area contributed by atoms with Gasteiger partial charge in [-0.15, -0.1) is 0 Å². The molecule has 3 aromatic carbocycles. The van der Waals surface area contributed by atoms with E-state index in [1.807, 2.05) is 97.9 Å². The second-order valence-corrected chi connectivity index (χ2v) is 8.51. The maximum Gasteiger partial charge on any atom is 0.186 e. The molecule has 186 valence electrons. The van der Waals surface area contributed by atoms with Crippen LogP contribution in [-0.2, 0) is 43.5 Å². The van der Waals surface area contributed by atoms with Crippen LogP contribution in [0.25, 0.3) is 0 Å². The molecule has 1 aliphatic rings. The highest BCUT2D eigenvalue weighted by molar-refractivity contribution is 5.15. The number of hydrogen-bond donors (Lipinski definition) is 1. The van der Waals surface area contributed by atoms with E-state index >= 15 is 0 Å². The SMILES string of the molecule is CCO[C@H]1O[C@H](COCc2ccccc2)[C@@H](OCc2ccccc2)[C@H](OCc2ccccc2)[C@H]1O. The largest absolute Gasteiger partial charge is 0.385 e. The summed E-state index contributed by atoms with van der Waals surface area (Å²) >= 11 is 0. The van der Waals surface area contributed by atoms with Gasteiger partial charge in [0.25, 0.3) is 0 Å². The molecule has 6 heteroatoms. The zero-order valence-corrected chi connectivity index (χ0v) is 20.1. The van der Waals surface area contributed by atoms with Crippen molar-refractivity contribution >= 4 is 0 Å². The summed E-state index contributed by atoms with van der Waals surface area (Å²) in [4.78, 5) is 0. The van der Waals surface area contributed by atoms with Crippen molar-refractivity contribution in [3.05, 3.63) is 108 Å². The van der Waals surface area contributed by atoms with Gasteiger partial charge in [-0.3, -0.25) is 0 Å². The first-order valence-corrected chi connectivity index (χ1v) is 12.1. The van der Waals surface area contributed by atoms with Crippen LogP contribution in [0.1, 0.15) is 23.6 Å². The van der Waals surface area contributed by atoms with Crippen LogP contribution >= 0.6 is 0 Å². The molecule has 1 fully saturated rings. The average molecular weight is 479 g/mol. The van der Waals surface area contributed by atoms with E-state index in [4.69, 9.17) is 23.7 Å². The molecule has 0 amide bonds. The molecule has 0 unspecified atom stereocenters. The van der Waals surface area contributed by atoms with Crippen molar-refractivity contribution in [2.45, 2.75) is 57.5 Å². The van der Waals surface area contributed by atoms with Gasteiger partial charge >= 0.3 is 0 Å². The molecule has 0 bridgehead atoms. The van der Waals surface area contributed by atoms with Gasteiger partial charge in [0.15, 0.2) is 6.29 Å². The zero-order valence-electron chi connectivity index (χ0n) is 20.1. The van der Waals surface area contributed by atoms with E-state index in [1.165, 1.54) is 0 Å². The Morgan fingerprint density at radius 3 is 1.66 bits per heavy atom. The molecule has 0 aromatic heterocycles. The van der Waals surface area contributed by atoms with Crippen LogP contribution < -0.4 is 0 Å². The van der Waals surface area contributed by atoms with Gasteiger partial charge in [0.05, 0.1) is 26.4 Å². The molecule has 6 nitrogen and oxygen atoms in total. The van der Waals surface area contributed by atoms with Gasteiger partial charge in [0, 0.05) is 6.61 Å². The van der Waals surface area contributed by atoms with Crippen molar-refractivity contribution in [2.24, 2.45) is 0 Å². The minimum absolute atomic E-state index is 0.274. The molecule has 3 aromatic rings. The minimum atomic E-state index is -1.01. The third-order valence-corrected chi connectivity index (χ3v) is 5.91. The van der Waals surface area contributed by atoms with Gasteiger partial charge < -0.3 is 28.8 Å². The van der Waals surface area contributed by atoms with Gasteiger partial charge in [0.1, 0.15) is 24.4 Å². The summed E-state index contributed by atoms with van der Waals surface area (Å²) in [7, 11) is 0. The second kappa shape index (κ2) is 13.5. The Hall–Kier alpha value is -2.58. The molecule has 1 N–H and O–H groups in total. The van der Waals surface area contributed by atoms with Gasteiger partial charge in [-0.25, -0.2) is 0 Å². The lowest BCUT2D eigenvalue weighted by molar-refractivity contribution is -0.318. The average Bonchev–Trinajstić information content (AvgIpc) is 2.90. The summed E-state index contributed by atoms with van der Waals surface area (Å²) < 4.78 is 30.5. The molecular formula is C29H34O6. The number of aliphatic hydroxyl groups is 1. The van der Waals surface area contributed by atoms with Gasteiger partial charge in [-0.1, -0.05) is 91.0 Å². The molecule has 1 saturated heterocycles.